The van der Waals surface area contributed by atoms with Gasteiger partial charge in [0.15, 0.2) is 11.6 Å². The van der Waals surface area contributed by atoms with Gasteiger partial charge in [0.25, 0.3) is 0 Å². The molecule has 0 heterocycles. The first-order chi connectivity index (χ1) is 18.0. The topological polar surface area (TPSA) is 26.3 Å². The standard InChI is InChI=1S/C33H38F2O2/c1-3-5-6-8-24-9-13-25(14-10-24)26-17-19-28(20-18-26)33(36)37-30-22-21-29(31(34)32(30)35)27-15-11-23(7-4-2)12-16-27/h11-12,15-22,24-25H,3-10,13-14H2,1-2H3. The highest BCUT2D eigenvalue weighted by atomic mass is 19.2. The lowest BCUT2D eigenvalue weighted by atomic mass is 9.77. The van der Waals surface area contributed by atoms with Gasteiger partial charge in [0.2, 0.25) is 5.82 Å². The molecule has 0 spiro atoms. The summed E-state index contributed by atoms with van der Waals surface area (Å²) in [6.45, 7) is 4.34. The number of benzene rings is 3. The number of aryl methyl sites for hydroxylation is 1. The third-order valence-corrected chi connectivity index (χ3v) is 7.73. The van der Waals surface area contributed by atoms with E-state index >= 15 is 0 Å². The molecule has 0 atom stereocenters. The van der Waals surface area contributed by atoms with Gasteiger partial charge in [-0.3, -0.25) is 0 Å². The van der Waals surface area contributed by atoms with Crippen LogP contribution in [0.4, 0.5) is 8.78 Å². The maximum absolute atomic E-state index is 14.9. The molecule has 1 aliphatic carbocycles. The van der Waals surface area contributed by atoms with E-state index in [4.69, 9.17) is 4.74 Å². The zero-order valence-corrected chi connectivity index (χ0v) is 22.1. The molecular weight excluding hydrogens is 466 g/mol. The number of esters is 1. The molecule has 37 heavy (non-hydrogen) atoms. The molecule has 196 valence electrons. The van der Waals surface area contributed by atoms with Crippen LogP contribution in [0.1, 0.15) is 99.0 Å². The van der Waals surface area contributed by atoms with E-state index in [1.54, 1.807) is 24.3 Å². The van der Waals surface area contributed by atoms with Crippen molar-refractivity contribution in [1.82, 2.24) is 0 Å². The second-order valence-corrected chi connectivity index (χ2v) is 10.4. The predicted octanol–water partition coefficient (Wildman–Crippen LogP) is 9.66. The first-order valence-electron chi connectivity index (χ1n) is 13.9. The van der Waals surface area contributed by atoms with Crippen LogP contribution in [0.5, 0.6) is 5.75 Å². The van der Waals surface area contributed by atoms with Crippen molar-refractivity contribution in [3.8, 4) is 16.9 Å². The Labute approximate surface area is 220 Å². The highest BCUT2D eigenvalue weighted by molar-refractivity contribution is 5.91. The van der Waals surface area contributed by atoms with E-state index in [-0.39, 0.29) is 5.56 Å². The van der Waals surface area contributed by atoms with E-state index in [1.807, 2.05) is 24.3 Å². The van der Waals surface area contributed by atoms with Crippen molar-refractivity contribution in [3.05, 3.63) is 89.0 Å². The number of ether oxygens (including phenoxy) is 1. The van der Waals surface area contributed by atoms with Gasteiger partial charge < -0.3 is 4.74 Å². The van der Waals surface area contributed by atoms with Gasteiger partial charge in [-0.25, -0.2) is 9.18 Å². The van der Waals surface area contributed by atoms with E-state index in [1.165, 1.54) is 69.1 Å². The summed E-state index contributed by atoms with van der Waals surface area (Å²) in [5.41, 5.74) is 3.44. The summed E-state index contributed by atoms with van der Waals surface area (Å²) in [6.07, 6.45) is 12.1. The Morgan fingerprint density at radius 3 is 2.16 bits per heavy atom. The van der Waals surface area contributed by atoms with Crippen molar-refractivity contribution >= 4 is 5.97 Å². The summed E-state index contributed by atoms with van der Waals surface area (Å²) in [5, 5.41) is 0. The fourth-order valence-corrected chi connectivity index (χ4v) is 5.49. The van der Waals surface area contributed by atoms with Crippen molar-refractivity contribution in [3.63, 3.8) is 0 Å². The second kappa shape index (κ2) is 13.0. The van der Waals surface area contributed by atoms with Crippen LogP contribution in [0.2, 0.25) is 0 Å². The maximum atomic E-state index is 14.9. The molecule has 4 rings (SSSR count). The molecule has 3 aromatic rings. The molecule has 2 nitrogen and oxygen atoms in total. The normalized spacial score (nSPS) is 17.5. The molecule has 4 heteroatoms. The van der Waals surface area contributed by atoms with E-state index in [0.29, 0.717) is 17.0 Å². The number of hydrogen-bond acceptors (Lipinski definition) is 2. The number of carbonyl (C=O) groups excluding carboxylic acids is 1. The summed E-state index contributed by atoms with van der Waals surface area (Å²) in [6, 6.07) is 17.6. The molecule has 1 aliphatic rings. The van der Waals surface area contributed by atoms with E-state index in [9.17, 15) is 13.6 Å². The van der Waals surface area contributed by atoms with Crippen LogP contribution >= 0.6 is 0 Å². The van der Waals surface area contributed by atoms with Crippen LogP contribution in [0, 0.1) is 17.6 Å². The van der Waals surface area contributed by atoms with Crippen molar-refractivity contribution in [2.45, 2.75) is 84.0 Å². The van der Waals surface area contributed by atoms with Crippen molar-refractivity contribution < 1.29 is 18.3 Å². The number of hydrogen-bond donors (Lipinski definition) is 0. The maximum Gasteiger partial charge on any atom is 0.343 e. The fourth-order valence-electron chi connectivity index (χ4n) is 5.49. The summed E-state index contributed by atoms with van der Waals surface area (Å²) < 4.78 is 34.9. The second-order valence-electron chi connectivity index (χ2n) is 10.4. The van der Waals surface area contributed by atoms with Crippen LogP contribution in [-0.4, -0.2) is 5.97 Å². The summed E-state index contributed by atoms with van der Waals surface area (Å²) in [5.74, 6) is -1.91. The third kappa shape index (κ3) is 6.85. The largest absolute Gasteiger partial charge is 0.420 e. The Hall–Kier alpha value is -3.01. The van der Waals surface area contributed by atoms with Crippen molar-refractivity contribution in [1.29, 1.82) is 0 Å². The molecule has 0 saturated heterocycles. The highest BCUT2D eigenvalue weighted by Crippen LogP contribution is 2.38. The Balaban J connectivity index is 1.37. The quantitative estimate of drug-likeness (QED) is 0.156. The number of rotatable bonds is 10. The Kier molecular flexibility index (Phi) is 9.49. The van der Waals surface area contributed by atoms with Crippen LogP contribution in [-0.2, 0) is 6.42 Å². The molecular formula is C33H38F2O2. The Morgan fingerprint density at radius 1 is 0.811 bits per heavy atom. The van der Waals surface area contributed by atoms with Gasteiger partial charge in [-0.15, -0.1) is 0 Å². The van der Waals surface area contributed by atoms with Gasteiger partial charge in [0.05, 0.1) is 5.56 Å². The Morgan fingerprint density at radius 2 is 1.51 bits per heavy atom. The van der Waals surface area contributed by atoms with Crippen LogP contribution in [0.15, 0.2) is 60.7 Å². The molecule has 0 aliphatic heterocycles. The summed E-state index contributed by atoms with van der Waals surface area (Å²) in [7, 11) is 0. The van der Waals surface area contributed by atoms with E-state index in [0.717, 1.165) is 24.3 Å². The molecule has 3 aromatic carbocycles. The first kappa shape index (κ1) is 27.0. The smallest absolute Gasteiger partial charge is 0.343 e. The number of halogens is 2. The lowest BCUT2D eigenvalue weighted by Gasteiger charge is -2.29. The predicted molar refractivity (Wildman–Crippen MR) is 146 cm³/mol. The number of carbonyl (C=O) groups is 1. The molecule has 1 fully saturated rings. The molecule has 0 aromatic heterocycles. The molecule has 0 unspecified atom stereocenters. The van der Waals surface area contributed by atoms with Gasteiger partial charge in [-0.1, -0.05) is 82.3 Å². The summed E-state index contributed by atoms with van der Waals surface area (Å²) in [4.78, 5) is 12.7. The third-order valence-electron chi connectivity index (χ3n) is 7.73. The van der Waals surface area contributed by atoms with E-state index < -0.39 is 23.4 Å². The average Bonchev–Trinajstić information content (AvgIpc) is 2.93. The lowest BCUT2D eigenvalue weighted by Crippen LogP contribution is -2.14. The molecule has 1 saturated carbocycles. The minimum absolute atomic E-state index is 0.143. The minimum atomic E-state index is -1.16. The average molecular weight is 505 g/mol. The number of unbranched alkanes of at least 4 members (excludes halogenated alkanes) is 2. The molecule has 0 radical (unpaired) electrons. The molecule has 0 amide bonds. The molecule has 0 N–H and O–H groups in total. The van der Waals surface area contributed by atoms with Gasteiger partial charge in [0.1, 0.15) is 0 Å². The fraction of sp³-hybridized carbons (Fsp3) is 0.424. The monoisotopic (exact) mass is 504 g/mol. The first-order valence-corrected chi connectivity index (χ1v) is 13.9. The minimum Gasteiger partial charge on any atom is -0.420 e. The van der Waals surface area contributed by atoms with Gasteiger partial charge in [0, 0.05) is 5.56 Å². The zero-order valence-electron chi connectivity index (χ0n) is 22.1. The summed E-state index contributed by atoms with van der Waals surface area (Å²) >= 11 is 0. The van der Waals surface area contributed by atoms with Gasteiger partial charge in [-0.2, -0.15) is 4.39 Å². The van der Waals surface area contributed by atoms with Crippen LogP contribution in [0.3, 0.4) is 0 Å². The van der Waals surface area contributed by atoms with Gasteiger partial charge in [-0.05, 0) is 84.9 Å². The molecule has 0 bridgehead atoms. The SMILES string of the molecule is CCCCCC1CCC(c2ccc(C(=O)Oc3ccc(-c4ccc(CCC)cc4)c(F)c3F)cc2)CC1. The zero-order chi connectivity index (χ0) is 26.2. The van der Waals surface area contributed by atoms with Crippen molar-refractivity contribution in [2.75, 3.05) is 0 Å². The van der Waals surface area contributed by atoms with Crippen LogP contribution in [0.25, 0.3) is 11.1 Å². The Bertz CT molecular complexity index is 1160. The van der Waals surface area contributed by atoms with E-state index in [2.05, 4.69) is 13.8 Å². The van der Waals surface area contributed by atoms with Crippen molar-refractivity contribution in [2.24, 2.45) is 5.92 Å². The lowest BCUT2D eigenvalue weighted by molar-refractivity contribution is 0.0726. The van der Waals surface area contributed by atoms with Gasteiger partial charge >= 0.3 is 5.97 Å². The van der Waals surface area contributed by atoms with Crippen LogP contribution < -0.4 is 4.74 Å². The highest BCUT2D eigenvalue weighted by Gasteiger charge is 2.23.